The molecule has 0 radical (unpaired) electrons. The first kappa shape index (κ1) is 13.1. The van der Waals surface area contributed by atoms with Gasteiger partial charge < -0.3 is 9.94 Å². The lowest BCUT2D eigenvalue weighted by atomic mass is 10.0. The Balaban J connectivity index is 2.41. The highest BCUT2D eigenvalue weighted by molar-refractivity contribution is 6.01. The molecular weight excluding hydrogens is 230 g/mol. The van der Waals surface area contributed by atoms with E-state index in [0.29, 0.717) is 5.06 Å². The fraction of sp³-hybridized carbons (Fsp3) is 0.600. The van der Waals surface area contributed by atoms with Crippen molar-refractivity contribution in [2.45, 2.75) is 32.6 Å². The molecule has 1 atom stereocenters. The zero-order valence-corrected chi connectivity index (χ0v) is 9.34. The third-order valence-electron chi connectivity index (χ3n) is 2.24. The van der Waals surface area contributed by atoms with Crippen LogP contribution in [0.4, 0.5) is 0 Å². The molecule has 7 nitrogen and oxygen atoms in total. The molecule has 0 aromatic carbocycles. The summed E-state index contributed by atoms with van der Waals surface area (Å²) in [5.74, 6) is -3.29. The van der Waals surface area contributed by atoms with Gasteiger partial charge >= 0.3 is 11.9 Å². The highest BCUT2D eigenvalue weighted by Crippen LogP contribution is 2.15. The fourth-order valence-corrected chi connectivity index (χ4v) is 1.45. The third-order valence-corrected chi connectivity index (χ3v) is 2.24. The Morgan fingerprint density at radius 3 is 2.29 bits per heavy atom. The summed E-state index contributed by atoms with van der Waals surface area (Å²) in [5.41, 5.74) is 0. The Kier molecular flexibility index (Phi) is 4.19. The van der Waals surface area contributed by atoms with Crippen LogP contribution in [-0.2, 0) is 24.0 Å². The van der Waals surface area contributed by atoms with Crippen molar-refractivity contribution >= 4 is 23.8 Å². The SMILES string of the molecule is C[C@H](CC(=O)O)CC(=O)ON1C(=O)CCC1=O. The Labute approximate surface area is 97.3 Å². The van der Waals surface area contributed by atoms with Crippen LogP contribution in [0.5, 0.6) is 0 Å². The summed E-state index contributed by atoms with van der Waals surface area (Å²) in [4.78, 5) is 48.5. The molecular formula is C10H13NO6. The van der Waals surface area contributed by atoms with Crippen molar-refractivity contribution in [2.24, 2.45) is 5.92 Å². The predicted molar refractivity (Wildman–Crippen MR) is 53.2 cm³/mol. The normalized spacial score (nSPS) is 17.1. The van der Waals surface area contributed by atoms with Gasteiger partial charge in [0.1, 0.15) is 0 Å². The van der Waals surface area contributed by atoms with Crippen LogP contribution < -0.4 is 0 Å². The smallest absolute Gasteiger partial charge is 0.333 e. The van der Waals surface area contributed by atoms with E-state index in [9.17, 15) is 19.2 Å². The monoisotopic (exact) mass is 243 g/mol. The number of carbonyl (C=O) groups excluding carboxylic acids is 3. The highest BCUT2D eigenvalue weighted by atomic mass is 16.7. The number of carboxylic acid groups (broad SMARTS) is 1. The Bertz CT molecular complexity index is 348. The van der Waals surface area contributed by atoms with E-state index in [4.69, 9.17) is 5.11 Å². The Morgan fingerprint density at radius 1 is 1.29 bits per heavy atom. The molecule has 17 heavy (non-hydrogen) atoms. The number of hydrogen-bond donors (Lipinski definition) is 1. The molecule has 1 aliphatic rings. The molecule has 1 saturated heterocycles. The lowest BCUT2D eigenvalue weighted by molar-refractivity contribution is -0.198. The number of amides is 2. The number of rotatable bonds is 5. The zero-order valence-electron chi connectivity index (χ0n) is 9.34. The largest absolute Gasteiger partial charge is 0.481 e. The second-order valence-electron chi connectivity index (χ2n) is 3.95. The second kappa shape index (κ2) is 5.42. The summed E-state index contributed by atoms with van der Waals surface area (Å²) in [5, 5.41) is 8.95. The molecule has 1 N–H and O–H groups in total. The fourth-order valence-electron chi connectivity index (χ4n) is 1.45. The lowest BCUT2D eigenvalue weighted by Gasteiger charge is -2.14. The van der Waals surface area contributed by atoms with E-state index in [1.807, 2.05) is 0 Å². The molecule has 0 aliphatic carbocycles. The molecule has 0 aromatic rings. The van der Waals surface area contributed by atoms with Gasteiger partial charge in [0.25, 0.3) is 11.8 Å². The number of carbonyl (C=O) groups is 4. The van der Waals surface area contributed by atoms with Crippen molar-refractivity contribution in [1.82, 2.24) is 5.06 Å². The van der Waals surface area contributed by atoms with Gasteiger partial charge in [0, 0.05) is 19.3 Å². The number of carboxylic acids is 1. The van der Waals surface area contributed by atoms with Crippen LogP contribution in [-0.4, -0.2) is 33.9 Å². The molecule has 1 aliphatic heterocycles. The highest BCUT2D eigenvalue weighted by Gasteiger charge is 2.33. The minimum atomic E-state index is -1.02. The average Bonchev–Trinajstić information content (AvgIpc) is 2.47. The molecule has 1 fully saturated rings. The van der Waals surface area contributed by atoms with E-state index < -0.39 is 29.7 Å². The minimum Gasteiger partial charge on any atom is -0.481 e. The van der Waals surface area contributed by atoms with Gasteiger partial charge in [0.15, 0.2) is 0 Å². The van der Waals surface area contributed by atoms with Crippen LogP contribution in [0, 0.1) is 5.92 Å². The lowest BCUT2D eigenvalue weighted by Crippen LogP contribution is -2.32. The van der Waals surface area contributed by atoms with Crippen molar-refractivity contribution < 1.29 is 29.1 Å². The van der Waals surface area contributed by atoms with Gasteiger partial charge in [0.2, 0.25) is 0 Å². The summed E-state index contributed by atoms with van der Waals surface area (Å²) in [7, 11) is 0. The number of hydrogen-bond acceptors (Lipinski definition) is 5. The molecule has 1 rings (SSSR count). The van der Waals surface area contributed by atoms with Gasteiger partial charge in [-0.15, -0.1) is 5.06 Å². The molecule has 0 aromatic heterocycles. The van der Waals surface area contributed by atoms with E-state index in [-0.39, 0.29) is 25.7 Å². The molecule has 0 saturated carbocycles. The second-order valence-corrected chi connectivity index (χ2v) is 3.95. The van der Waals surface area contributed by atoms with Crippen molar-refractivity contribution in [1.29, 1.82) is 0 Å². The maximum atomic E-state index is 11.3. The third kappa shape index (κ3) is 3.86. The number of aliphatic carboxylic acids is 1. The van der Waals surface area contributed by atoms with Crippen LogP contribution in [0.2, 0.25) is 0 Å². The van der Waals surface area contributed by atoms with E-state index in [1.54, 1.807) is 6.92 Å². The van der Waals surface area contributed by atoms with Crippen LogP contribution in [0.3, 0.4) is 0 Å². The van der Waals surface area contributed by atoms with E-state index in [0.717, 1.165) is 0 Å². The van der Waals surface area contributed by atoms with Crippen LogP contribution in [0.15, 0.2) is 0 Å². The average molecular weight is 243 g/mol. The first-order valence-corrected chi connectivity index (χ1v) is 5.18. The van der Waals surface area contributed by atoms with Gasteiger partial charge in [-0.1, -0.05) is 6.92 Å². The van der Waals surface area contributed by atoms with Gasteiger partial charge in [-0.25, -0.2) is 4.79 Å². The number of hydroxylamine groups is 2. The Hall–Kier alpha value is -1.92. The van der Waals surface area contributed by atoms with Crippen molar-refractivity contribution in [3.05, 3.63) is 0 Å². The standard InChI is InChI=1S/C10H13NO6/c1-6(4-9(14)15)5-10(16)17-11-7(12)2-3-8(11)13/h6H,2-5H2,1H3,(H,14,15)/t6-/m1/s1. The van der Waals surface area contributed by atoms with Gasteiger partial charge in [-0.3, -0.25) is 14.4 Å². The molecule has 0 spiro atoms. The summed E-state index contributed by atoms with van der Waals surface area (Å²) >= 11 is 0. The first-order valence-electron chi connectivity index (χ1n) is 5.18. The number of nitrogens with zero attached hydrogens (tertiary/aromatic N) is 1. The first-order chi connectivity index (χ1) is 7.90. The molecule has 1 heterocycles. The summed E-state index contributed by atoms with van der Waals surface area (Å²) in [6.45, 7) is 1.57. The van der Waals surface area contributed by atoms with Crippen LogP contribution in [0.25, 0.3) is 0 Å². The molecule has 0 bridgehead atoms. The quantitative estimate of drug-likeness (QED) is 0.687. The zero-order chi connectivity index (χ0) is 13.0. The molecule has 0 unspecified atom stereocenters. The van der Waals surface area contributed by atoms with Gasteiger partial charge in [0.05, 0.1) is 6.42 Å². The van der Waals surface area contributed by atoms with Crippen molar-refractivity contribution in [3.8, 4) is 0 Å². The topological polar surface area (TPSA) is 101 Å². The van der Waals surface area contributed by atoms with Crippen LogP contribution >= 0.6 is 0 Å². The van der Waals surface area contributed by atoms with E-state index in [1.165, 1.54) is 0 Å². The summed E-state index contributed by atoms with van der Waals surface area (Å²) in [6, 6.07) is 0. The van der Waals surface area contributed by atoms with Gasteiger partial charge in [-0.05, 0) is 5.92 Å². The maximum Gasteiger partial charge on any atom is 0.333 e. The summed E-state index contributed by atoms with van der Waals surface area (Å²) < 4.78 is 0. The molecule has 94 valence electrons. The number of imide groups is 1. The molecule has 2 amide bonds. The van der Waals surface area contributed by atoms with Crippen LogP contribution in [0.1, 0.15) is 32.6 Å². The van der Waals surface area contributed by atoms with Crippen molar-refractivity contribution in [2.75, 3.05) is 0 Å². The van der Waals surface area contributed by atoms with E-state index >= 15 is 0 Å². The minimum absolute atomic E-state index is 0.0385. The summed E-state index contributed by atoms with van der Waals surface area (Å²) in [6.07, 6.45) is -0.242. The van der Waals surface area contributed by atoms with Gasteiger partial charge in [-0.2, -0.15) is 0 Å². The maximum absolute atomic E-state index is 11.3. The van der Waals surface area contributed by atoms with Crippen molar-refractivity contribution in [3.63, 3.8) is 0 Å². The molecule has 7 heteroatoms. The predicted octanol–water partition coefficient (Wildman–Crippen LogP) is 0.0945. The van der Waals surface area contributed by atoms with E-state index in [2.05, 4.69) is 4.84 Å². The Morgan fingerprint density at radius 2 is 1.82 bits per heavy atom.